The molecular weight excluding hydrogens is 124 g/mol. The fraction of sp³-hybridized carbons (Fsp3) is 1.00. The first-order valence-electron chi connectivity index (χ1n) is 4.26. The maximum atomic E-state index is 5.47. The Kier molecular flexibility index (Phi) is 3.16. The maximum absolute atomic E-state index is 5.47. The molecule has 0 aromatic heterocycles. The second-order valence-electron chi connectivity index (χ2n) is 3.33. The summed E-state index contributed by atoms with van der Waals surface area (Å²) in [4.78, 5) is 0. The van der Waals surface area contributed by atoms with Gasteiger partial charge in [0.2, 0.25) is 0 Å². The van der Waals surface area contributed by atoms with Gasteiger partial charge in [-0.15, -0.1) is 0 Å². The Hall–Kier alpha value is -0.0800. The smallest absolute Gasteiger partial charge is 0.00389 e. The molecule has 0 aromatic rings. The molecule has 0 spiro atoms. The van der Waals surface area contributed by atoms with Gasteiger partial charge in [0.05, 0.1) is 0 Å². The molecule has 2 unspecified atom stereocenters. The second kappa shape index (κ2) is 3.94. The van der Waals surface area contributed by atoms with Crippen molar-refractivity contribution in [3.05, 3.63) is 0 Å². The second-order valence-corrected chi connectivity index (χ2v) is 3.33. The largest absolute Gasteiger partial charge is 0.330 e. The minimum Gasteiger partial charge on any atom is -0.330 e. The third kappa shape index (κ3) is 2.27. The molecule has 0 aliphatic carbocycles. The quantitative estimate of drug-likeness (QED) is 0.596. The van der Waals surface area contributed by atoms with E-state index < -0.39 is 0 Å². The summed E-state index contributed by atoms with van der Waals surface area (Å²) < 4.78 is 0. The third-order valence-electron chi connectivity index (χ3n) is 2.34. The van der Waals surface area contributed by atoms with Crippen LogP contribution in [0, 0.1) is 5.92 Å². The minimum absolute atomic E-state index is 0.731. The molecular formula is C8H18N2. The maximum Gasteiger partial charge on any atom is 0.00389 e. The molecule has 0 amide bonds. The Labute approximate surface area is 63.2 Å². The fourth-order valence-electron chi connectivity index (χ4n) is 1.54. The van der Waals surface area contributed by atoms with Gasteiger partial charge in [-0.25, -0.2) is 0 Å². The molecule has 60 valence electrons. The predicted octanol–water partition coefficient (Wildman–Crippen LogP) is 0.723. The van der Waals surface area contributed by atoms with E-state index in [4.69, 9.17) is 5.73 Å². The third-order valence-corrected chi connectivity index (χ3v) is 2.34. The average Bonchev–Trinajstić information content (AvgIpc) is 1.95. The number of nitrogens with one attached hydrogen (secondary N) is 1. The summed E-state index contributed by atoms with van der Waals surface area (Å²) in [6, 6.07) is 0.731. The summed E-state index contributed by atoms with van der Waals surface area (Å²) in [5.41, 5.74) is 5.47. The van der Waals surface area contributed by atoms with Crippen molar-refractivity contribution in [1.82, 2.24) is 5.32 Å². The topological polar surface area (TPSA) is 38.0 Å². The van der Waals surface area contributed by atoms with Crippen LogP contribution in [0.5, 0.6) is 0 Å². The Morgan fingerprint density at radius 1 is 1.50 bits per heavy atom. The van der Waals surface area contributed by atoms with Crippen LogP contribution in [0.1, 0.15) is 26.2 Å². The van der Waals surface area contributed by atoms with Crippen molar-refractivity contribution in [2.24, 2.45) is 11.7 Å². The Bertz CT molecular complexity index is 85.3. The molecule has 1 rings (SSSR count). The van der Waals surface area contributed by atoms with Gasteiger partial charge in [-0.1, -0.05) is 0 Å². The van der Waals surface area contributed by atoms with Crippen LogP contribution in [0.15, 0.2) is 0 Å². The lowest BCUT2D eigenvalue weighted by molar-refractivity contribution is 0.312. The van der Waals surface area contributed by atoms with E-state index in [9.17, 15) is 0 Å². The Morgan fingerprint density at radius 2 is 2.30 bits per heavy atom. The first kappa shape index (κ1) is 8.02. The van der Waals surface area contributed by atoms with Crippen molar-refractivity contribution in [1.29, 1.82) is 0 Å². The van der Waals surface area contributed by atoms with Crippen molar-refractivity contribution >= 4 is 0 Å². The van der Waals surface area contributed by atoms with Gasteiger partial charge in [-0.3, -0.25) is 0 Å². The summed E-state index contributed by atoms with van der Waals surface area (Å²) in [5, 5.41) is 3.46. The van der Waals surface area contributed by atoms with E-state index in [1.165, 1.54) is 25.8 Å². The average molecular weight is 142 g/mol. The zero-order chi connectivity index (χ0) is 7.40. The zero-order valence-corrected chi connectivity index (χ0v) is 6.77. The van der Waals surface area contributed by atoms with Crippen LogP contribution in [0.4, 0.5) is 0 Å². The molecule has 3 N–H and O–H groups in total. The van der Waals surface area contributed by atoms with Crippen LogP contribution >= 0.6 is 0 Å². The van der Waals surface area contributed by atoms with E-state index in [2.05, 4.69) is 12.2 Å². The van der Waals surface area contributed by atoms with Crippen LogP contribution in [0.3, 0.4) is 0 Å². The monoisotopic (exact) mass is 142 g/mol. The van der Waals surface area contributed by atoms with Gasteiger partial charge in [-0.2, -0.15) is 0 Å². The van der Waals surface area contributed by atoms with Gasteiger partial charge in [0.1, 0.15) is 0 Å². The van der Waals surface area contributed by atoms with Crippen molar-refractivity contribution in [2.75, 3.05) is 13.1 Å². The molecule has 1 heterocycles. The van der Waals surface area contributed by atoms with E-state index in [0.717, 1.165) is 18.5 Å². The molecule has 1 saturated heterocycles. The molecule has 2 atom stereocenters. The van der Waals surface area contributed by atoms with Crippen LogP contribution in [0.2, 0.25) is 0 Å². The van der Waals surface area contributed by atoms with Gasteiger partial charge in [0.15, 0.2) is 0 Å². The molecule has 1 aliphatic rings. The van der Waals surface area contributed by atoms with Gasteiger partial charge in [0, 0.05) is 6.04 Å². The first-order valence-corrected chi connectivity index (χ1v) is 4.26. The van der Waals surface area contributed by atoms with E-state index in [1.807, 2.05) is 0 Å². The SMILES string of the molecule is CC1CCC(CCN)CN1. The molecule has 1 aliphatic heterocycles. The van der Waals surface area contributed by atoms with Crippen LogP contribution in [-0.2, 0) is 0 Å². The van der Waals surface area contributed by atoms with Crippen LogP contribution < -0.4 is 11.1 Å². The van der Waals surface area contributed by atoms with Crippen molar-refractivity contribution in [3.63, 3.8) is 0 Å². The molecule has 10 heavy (non-hydrogen) atoms. The molecule has 2 nitrogen and oxygen atoms in total. The lowest BCUT2D eigenvalue weighted by atomic mass is 9.93. The molecule has 0 saturated carbocycles. The summed E-state index contributed by atoms with van der Waals surface area (Å²) >= 11 is 0. The van der Waals surface area contributed by atoms with E-state index >= 15 is 0 Å². The lowest BCUT2D eigenvalue weighted by Gasteiger charge is -2.27. The molecule has 0 aromatic carbocycles. The highest BCUT2D eigenvalue weighted by molar-refractivity contribution is 4.74. The van der Waals surface area contributed by atoms with Crippen molar-refractivity contribution < 1.29 is 0 Å². The first-order chi connectivity index (χ1) is 4.83. The number of piperidine rings is 1. The van der Waals surface area contributed by atoms with Gasteiger partial charge in [-0.05, 0) is 45.2 Å². The van der Waals surface area contributed by atoms with E-state index in [0.29, 0.717) is 0 Å². The number of nitrogens with two attached hydrogens (primary N) is 1. The van der Waals surface area contributed by atoms with Crippen molar-refractivity contribution in [2.45, 2.75) is 32.2 Å². The zero-order valence-electron chi connectivity index (χ0n) is 6.77. The number of rotatable bonds is 2. The van der Waals surface area contributed by atoms with Gasteiger partial charge >= 0.3 is 0 Å². The van der Waals surface area contributed by atoms with E-state index in [1.54, 1.807) is 0 Å². The van der Waals surface area contributed by atoms with Crippen LogP contribution in [0.25, 0.3) is 0 Å². The summed E-state index contributed by atoms with van der Waals surface area (Å²) in [6.45, 7) is 4.28. The summed E-state index contributed by atoms with van der Waals surface area (Å²) in [6.07, 6.45) is 3.88. The highest BCUT2D eigenvalue weighted by Crippen LogP contribution is 2.15. The lowest BCUT2D eigenvalue weighted by Crippen LogP contribution is -2.37. The van der Waals surface area contributed by atoms with Crippen LogP contribution in [-0.4, -0.2) is 19.1 Å². The molecule has 2 heteroatoms. The number of hydrogen-bond donors (Lipinski definition) is 2. The van der Waals surface area contributed by atoms with Gasteiger partial charge in [0.25, 0.3) is 0 Å². The van der Waals surface area contributed by atoms with Gasteiger partial charge < -0.3 is 11.1 Å². The standard InChI is InChI=1S/C8H18N2/c1-7-2-3-8(4-5-9)6-10-7/h7-8,10H,2-6,9H2,1H3. The molecule has 0 bridgehead atoms. The van der Waals surface area contributed by atoms with E-state index in [-0.39, 0.29) is 0 Å². The van der Waals surface area contributed by atoms with Crippen molar-refractivity contribution in [3.8, 4) is 0 Å². The minimum atomic E-state index is 0.731. The Balaban J connectivity index is 2.13. The number of hydrogen-bond acceptors (Lipinski definition) is 2. The highest BCUT2D eigenvalue weighted by atomic mass is 14.9. The summed E-state index contributed by atoms with van der Waals surface area (Å²) in [5.74, 6) is 0.848. The normalized spacial score (nSPS) is 34.2. The predicted molar refractivity (Wildman–Crippen MR) is 43.9 cm³/mol. The summed E-state index contributed by atoms with van der Waals surface area (Å²) in [7, 11) is 0. The highest BCUT2D eigenvalue weighted by Gasteiger charge is 2.15. The fourth-order valence-corrected chi connectivity index (χ4v) is 1.54. The molecule has 0 radical (unpaired) electrons. The Morgan fingerprint density at radius 3 is 2.80 bits per heavy atom. The molecule has 1 fully saturated rings.